The highest BCUT2D eigenvalue weighted by atomic mass is 16.5. The quantitative estimate of drug-likeness (QED) is 0.700. The van der Waals surface area contributed by atoms with Gasteiger partial charge in [-0.25, -0.2) is 4.79 Å². The zero-order chi connectivity index (χ0) is 15.8. The monoisotopic (exact) mass is 300 g/mol. The van der Waals surface area contributed by atoms with Gasteiger partial charge in [0.2, 0.25) is 5.91 Å². The van der Waals surface area contributed by atoms with E-state index in [1.165, 1.54) is 0 Å². The number of piperidine rings is 1. The van der Waals surface area contributed by atoms with Crippen LogP contribution in [-0.2, 0) is 14.3 Å². The van der Waals surface area contributed by atoms with Crippen molar-refractivity contribution in [2.75, 3.05) is 26.2 Å². The summed E-state index contributed by atoms with van der Waals surface area (Å²) >= 11 is 0. The minimum absolute atomic E-state index is 0.0499. The molecule has 1 heterocycles. The third-order valence-corrected chi connectivity index (χ3v) is 3.84. The van der Waals surface area contributed by atoms with E-state index >= 15 is 0 Å². The van der Waals surface area contributed by atoms with Crippen molar-refractivity contribution in [2.45, 2.75) is 45.6 Å². The van der Waals surface area contributed by atoms with Gasteiger partial charge in [0.15, 0.2) is 0 Å². The number of ether oxygens (including phenoxy) is 1. The first kappa shape index (κ1) is 17.9. The first-order chi connectivity index (χ1) is 9.92. The number of carboxylic acid groups (broad SMARTS) is 1. The molecule has 1 saturated heterocycles. The molecule has 1 unspecified atom stereocenters. The van der Waals surface area contributed by atoms with Crippen molar-refractivity contribution in [2.24, 2.45) is 17.6 Å². The van der Waals surface area contributed by atoms with Crippen molar-refractivity contribution in [3.05, 3.63) is 0 Å². The van der Waals surface area contributed by atoms with Crippen LogP contribution in [-0.4, -0.2) is 54.2 Å². The van der Waals surface area contributed by atoms with Gasteiger partial charge >= 0.3 is 5.97 Å². The van der Waals surface area contributed by atoms with E-state index in [-0.39, 0.29) is 24.5 Å². The number of nitrogens with zero attached hydrogens (tertiary/aromatic N) is 1. The molecule has 0 saturated carbocycles. The summed E-state index contributed by atoms with van der Waals surface area (Å²) in [6.07, 6.45) is 2.84. The van der Waals surface area contributed by atoms with Crippen LogP contribution in [0.1, 0.15) is 39.5 Å². The Labute approximate surface area is 126 Å². The van der Waals surface area contributed by atoms with E-state index in [4.69, 9.17) is 15.6 Å². The van der Waals surface area contributed by atoms with Gasteiger partial charge in [0, 0.05) is 19.5 Å². The van der Waals surface area contributed by atoms with Crippen molar-refractivity contribution in [3.63, 3.8) is 0 Å². The van der Waals surface area contributed by atoms with Crippen molar-refractivity contribution in [1.82, 2.24) is 4.90 Å². The Kier molecular flexibility index (Phi) is 7.67. The Morgan fingerprint density at radius 3 is 2.43 bits per heavy atom. The summed E-state index contributed by atoms with van der Waals surface area (Å²) in [7, 11) is 0. The van der Waals surface area contributed by atoms with Gasteiger partial charge in [-0.2, -0.15) is 0 Å². The molecule has 1 aliphatic rings. The normalized spacial score (nSPS) is 18.0. The second kappa shape index (κ2) is 9.00. The Morgan fingerprint density at radius 1 is 1.33 bits per heavy atom. The van der Waals surface area contributed by atoms with E-state index in [0.717, 1.165) is 6.42 Å². The number of carbonyl (C=O) groups excluding carboxylic acids is 1. The standard InChI is InChI=1S/C15H28N2O4/c1-11(2)7-12(9-16)8-14(18)17-5-3-13(4-6-17)21-10-15(19)20/h11-13H,3-10,16H2,1-2H3,(H,19,20). The number of amides is 1. The van der Waals surface area contributed by atoms with Gasteiger partial charge in [0.25, 0.3) is 0 Å². The molecule has 1 rings (SSSR count). The van der Waals surface area contributed by atoms with E-state index in [0.29, 0.717) is 44.8 Å². The van der Waals surface area contributed by atoms with Crippen molar-refractivity contribution in [3.8, 4) is 0 Å². The van der Waals surface area contributed by atoms with Gasteiger partial charge in [0.05, 0.1) is 6.10 Å². The second-order valence-electron chi connectivity index (χ2n) is 6.22. The van der Waals surface area contributed by atoms with Gasteiger partial charge in [-0.1, -0.05) is 13.8 Å². The maximum Gasteiger partial charge on any atom is 0.329 e. The first-order valence-electron chi connectivity index (χ1n) is 7.73. The molecular formula is C15H28N2O4. The van der Waals surface area contributed by atoms with Gasteiger partial charge in [0.1, 0.15) is 6.61 Å². The van der Waals surface area contributed by atoms with Crippen LogP contribution in [0, 0.1) is 11.8 Å². The van der Waals surface area contributed by atoms with Crippen molar-refractivity contribution in [1.29, 1.82) is 0 Å². The smallest absolute Gasteiger partial charge is 0.329 e. The van der Waals surface area contributed by atoms with Gasteiger partial charge in [-0.05, 0) is 37.6 Å². The van der Waals surface area contributed by atoms with Gasteiger partial charge in [-0.15, -0.1) is 0 Å². The molecule has 0 spiro atoms. The van der Waals surface area contributed by atoms with Crippen molar-refractivity contribution >= 4 is 11.9 Å². The summed E-state index contributed by atoms with van der Waals surface area (Å²) in [6, 6.07) is 0. The fourth-order valence-corrected chi connectivity index (χ4v) is 2.77. The summed E-state index contributed by atoms with van der Waals surface area (Å²) in [5.41, 5.74) is 5.74. The highest BCUT2D eigenvalue weighted by Gasteiger charge is 2.25. The predicted molar refractivity (Wildman–Crippen MR) is 79.8 cm³/mol. The number of carboxylic acids is 1. The molecule has 0 radical (unpaired) electrons. The van der Waals surface area contributed by atoms with Crippen molar-refractivity contribution < 1.29 is 19.4 Å². The Morgan fingerprint density at radius 2 is 1.95 bits per heavy atom. The highest BCUT2D eigenvalue weighted by Crippen LogP contribution is 2.19. The fraction of sp³-hybridized carbons (Fsp3) is 0.867. The van der Waals surface area contributed by atoms with Gasteiger partial charge in [-0.3, -0.25) is 4.79 Å². The lowest BCUT2D eigenvalue weighted by atomic mass is 9.93. The zero-order valence-corrected chi connectivity index (χ0v) is 13.1. The average Bonchev–Trinajstić information content (AvgIpc) is 2.44. The van der Waals surface area contributed by atoms with Crippen LogP contribution in [0.3, 0.4) is 0 Å². The van der Waals surface area contributed by atoms with Crippen LogP contribution in [0.5, 0.6) is 0 Å². The van der Waals surface area contributed by atoms with Gasteiger partial charge < -0.3 is 20.5 Å². The molecule has 3 N–H and O–H groups in total. The fourth-order valence-electron chi connectivity index (χ4n) is 2.77. The molecule has 0 aromatic heterocycles. The van der Waals surface area contributed by atoms with E-state index in [1.54, 1.807) is 0 Å². The Balaban J connectivity index is 2.32. The topological polar surface area (TPSA) is 92.9 Å². The molecule has 1 aliphatic heterocycles. The van der Waals surface area contributed by atoms with E-state index in [9.17, 15) is 9.59 Å². The summed E-state index contributed by atoms with van der Waals surface area (Å²) in [5.74, 6) is -0.00393. The molecule has 1 atom stereocenters. The summed E-state index contributed by atoms with van der Waals surface area (Å²) < 4.78 is 5.27. The molecule has 1 fully saturated rings. The highest BCUT2D eigenvalue weighted by molar-refractivity contribution is 5.76. The third kappa shape index (κ3) is 6.91. The van der Waals surface area contributed by atoms with E-state index < -0.39 is 5.97 Å². The van der Waals surface area contributed by atoms with Crippen LogP contribution in [0.2, 0.25) is 0 Å². The molecule has 122 valence electrons. The second-order valence-corrected chi connectivity index (χ2v) is 6.22. The lowest BCUT2D eigenvalue weighted by molar-refractivity contribution is -0.147. The molecule has 0 bridgehead atoms. The molecule has 6 heteroatoms. The molecule has 0 aromatic carbocycles. The number of aliphatic carboxylic acids is 1. The molecule has 0 aliphatic carbocycles. The number of likely N-dealkylation sites (tertiary alicyclic amines) is 1. The molecular weight excluding hydrogens is 272 g/mol. The third-order valence-electron chi connectivity index (χ3n) is 3.84. The van der Waals surface area contributed by atoms with Crippen LogP contribution in [0.4, 0.5) is 0 Å². The molecule has 21 heavy (non-hydrogen) atoms. The number of nitrogens with two attached hydrogens (primary N) is 1. The summed E-state index contributed by atoms with van der Waals surface area (Å²) in [6.45, 7) is 5.84. The van der Waals surface area contributed by atoms with Crippen LogP contribution in [0.15, 0.2) is 0 Å². The minimum atomic E-state index is -0.951. The first-order valence-corrected chi connectivity index (χ1v) is 7.73. The minimum Gasteiger partial charge on any atom is -0.480 e. The molecule has 6 nitrogen and oxygen atoms in total. The zero-order valence-electron chi connectivity index (χ0n) is 13.1. The lowest BCUT2D eigenvalue weighted by Gasteiger charge is -2.32. The SMILES string of the molecule is CC(C)CC(CN)CC(=O)N1CCC(OCC(=O)O)CC1. The molecule has 1 amide bonds. The predicted octanol–water partition coefficient (Wildman–Crippen LogP) is 1.09. The number of hydrogen-bond acceptors (Lipinski definition) is 4. The maximum atomic E-state index is 12.3. The number of rotatable bonds is 8. The van der Waals surface area contributed by atoms with E-state index in [1.807, 2.05) is 4.90 Å². The molecule has 0 aromatic rings. The lowest BCUT2D eigenvalue weighted by Crippen LogP contribution is -2.42. The average molecular weight is 300 g/mol. The maximum absolute atomic E-state index is 12.3. The van der Waals surface area contributed by atoms with Crippen LogP contribution in [0.25, 0.3) is 0 Å². The summed E-state index contributed by atoms with van der Waals surface area (Å²) in [4.78, 5) is 24.6. The largest absolute Gasteiger partial charge is 0.480 e. The van der Waals surface area contributed by atoms with E-state index in [2.05, 4.69) is 13.8 Å². The number of hydrogen-bond donors (Lipinski definition) is 2. The Bertz CT molecular complexity index is 339. The van der Waals surface area contributed by atoms with Crippen LogP contribution < -0.4 is 5.73 Å². The summed E-state index contributed by atoms with van der Waals surface area (Å²) in [5, 5.41) is 8.58. The number of carbonyl (C=O) groups is 2. The Hall–Kier alpha value is -1.14. The van der Waals surface area contributed by atoms with Crippen LogP contribution >= 0.6 is 0 Å².